The van der Waals surface area contributed by atoms with Gasteiger partial charge in [-0.1, -0.05) is 6.42 Å². The Hall–Kier alpha value is -0.200. The number of hydrogen-bond acceptors (Lipinski definition) is 3. The van der Waals surface area contributed by atoms with Crippen LogP contribution in [0.25, 0.3) is 0 Å². The van der Waals surface area contributed by atoms with Gasteiger partial charge in [-0.2, -0.15) is 17.0 Å². The highest BCUT2D eigenvalue weighted by molar-refractivity contribution is 7.99. The van der Waals surface area contributed by atoms with Crippen molar-refractivity contribution in [3.63, 3.8) is 0 Å². The first-order valence-electron chi connectivity index (χ1n) is 5.10. The summed E-state index contributed by atoms with van der Waals surface area (Å²) in [4.78, 5) is 2.54. The molecule has 0 aromatic carbocycles. The average Bonchev–Trinajstić information content (AvgIpc) is 2.19. The fraction of sp³-hybridized carbons (Fsp3) is 0.900. The van der Waals surface area contributed by atoms with E-state index in [-0.39, 0.29) is 0 Å². The molecular weight excluding hydrogens is 180 g/mol. The summed E-state index contributed by atoms with van der Waals surface area (Å²) in [7, 11) is 0. The largest absolute Gasteiger partial charge is 0.303 e. The second kappa shape index (κ2) is 7.23. The van der Waals surface area contributed by atoms with Crippen molar-refractivity contribution in [1.29, 1.82) is 5.26 Å². The fourth-order valence-electron chi connectivity index (χ4n) is 1.60. The quantitative estimate of drug-likeness (QED) is 0.633. The summed E-state index contributed by atoms with van der Waals surface area (Å²) in [6.45, 7) is 3.80. The number of hydrogen-bond donors (Lipinski definition) is 0. The zero-order valence-electron chi connectivity index (χ0n) is 8.17. The fourth-order valence-corrected chi connectivity index (χ4v) is 2.42. The van der Waals surface area contributed by atoms with Crippen LogP contribution >= 0.6 is 11.8 Å². The van der Waals surface area contributed by atoms with E-state index in [0.29, 0.717) is 6.42 Å². The topological polar surface area (TPSA) is 27.0 Å². The number of likely N-dealkylation sites (tertiary alicyclic amines) is 1. The molecule has 0 aromatic heterocycles. The van der Waals surface area contributed by atoms with Gasteiger partial charge in [0.1, 0.15) is 0 Å². The van der Waals surface area contributed by atoms with Crippen LogP contribution in [0.2, 0.25) is 0 Å². The summed E-state index contributed by atoms with van der Waals surface area (Å²) >= 11 is 1.91. The summed E-state index contributed by atoms with van der Waals surface area (Å²) in [6.07, 6.45) is 4.87. The molecule has 0 radical (unpaired) electrons. The summed E-state index contributed by atoms with van der Waals surface area (Å²) in [6, 6.07) is 2.17. The molecule has 1 aliphatic heterocycles. The van der Waals surface area contributed by atoms with Gasteiger partial charge in [0.05, 0.1) is 6.07 Å². The Morgan fingerprint density at radius 2 is 1.92 bits per heavy atom. The number of thioether (sulfide) groups is 1. The second-order valence-electron chi connectivity index (χ2n) is 3.42. The molecule has 1 aliphatic rings. The molecule has 0 amide bonds. The van der Waals surface area contributed by atoms with E-state index >= 15 is 0 Å². The lowest BCUT2D eigenvalue weighted by Crippen LogP contribution is -2.31. The molecule has 0 saturated carbocycles. The monoisotopic (exact) mass is 198 g/mol. The molecule has 3 heteroatoms. The van der Waals surface area contributed by atoms with E-state index in [4.69, 9.17) is 5.26 Å². The molecule has 13 heavy (non-hydrogen) atoms. The molecule has 0 atom stereocenters. The van der Waals surface area contributed by atoms with Crippen molar-refractivity contribution < 1.29 is 0 Å². The zero-order chi connectivity index (χ0) is 9.36. The van der Waals surface area contributed by atoms with Crippen molar-refractivity contribution in [2.45, 2.75) is 25.7 Å². The lowest BCUT2D eigenvalue weighted by atomic mass is 10.1. The highest BCUT2D eigenvalue weighted by Crippen LogP contribution is 2.10. The van der Waals surface area contributed by atoms with Crippen molar-refractivity contribution in [2.75, 3.05) is 31.1 Å². The molecule has 1 saturated heterocycles. The molecule has 0 unspecified atom stereocenters. The predicted octanol–water partition coefficient (Wildman–Crippen LogP) is 2.12. The van der Waals surface area contributed by atoms with Gasteiger partial charge in [-0.3, -0.25) is 0 Å². The van der Waals surface area contributed by atoms with Gasteiger partial charge in [-0.05, 0) is 25.9 Å². The summed E-state index contributed by atoms with van der Waals surface area (Å²) in [5.74, 6) is 2.20. The minimum atomic E-state index is 0.699. The standard InChI is InChI=1S/C10H18N2S/c11-5-4-9-13-10-8-12-6-2-1-3-7-12/h1-4,6-10H2. The molecule has 0 aromatic rings. The van der Waals surface area contributed by atoms with Crippen molar-refractivity contribution >= 4 is 11.8 Å². The van der Waals surface area contributed by atoms with Gasteiger partial charge in [0.15, 0.2) is 0 Å². The van der Waals surface area contributed by atoms with E-state index in [1.54, 1.807) is 0 Å². The van der Waals surface area contributed by atoms with Crippen molar-refractivity contribution in [3.05, 3.63) is 0 Å². The Balaban J connectivity index is 1.90. The van der Waals surface area contributed by atoms with E-state index < -0.39 is 0 Å². The summed E-state index contributed by atoms with van der Waals surface area (Å²) in [5.41, 5.74) is 0. The van der Waals surface area contributed by atoms with Gasteiger partial charge in [0.2, 0.25) is 0 Å². The molecule has 2 nitrogen and oxygen atoms in total. The lowest BCUT2D eigenvalue weighted by Gasteiger charge is -2.25. The molecule has 0 spiro atoms. The number of nitriles is 1. The van der Waals surface area contributed by atoms with Crippen molar-refractivity contribution in [2.24, 2.45) is 0 Å². The van der Waals surface area contributed by atoms with E-state index in [9.17, 15) is 0 Å². The maximum absolute atomic E-state index is 8.34. The minimum absolute atomic E-state index is 0.699. The Labute approximate surface area is 85.3 Å². The molecule has 1 heterocycles. The summed E-state index contributed by atoms with van der Waals surface area (Å²) in [5, 5.41) is 8.34. The van der Waals surface area contributed by atoms with E-state index in [2.05, 4.69) is 11.0 Å². The Kier molecular flexibility index (Phi) is 6.05. The molecule has 74 valence electrons. The van der Waals surface area contributed by atoms with Crippen molar-refractivity contribution in [3.8, 4) is 6.07 Å². The van der Waals surface area contributed by atoms with Crippen LogP contribution in [0.3, 0.4) is 0 Å². The van der Waals surface area contributed by atoms with Crippen LogP contribution in [0.4, 0.5) is 0 Å². The molecule has 0 N–H and O–H groups in total. The Bertz CT molecular complexity index is 159. The van der Waals surface area contributed by atoms with Crippen LogP contribution in [0.5, 0.6) is 0 Å². The molecular formula is C10H18N2S. The SMILES string of the molecule is N#CCCSCCN1CCCCC1. The molecule has 0 bridgehead atoms. The van der Waals surface area contributed by atoms with Gasteiger partial charge >= 0.3 is 0 Å². The first-order valence-corrected chi connectivity index (χ1v) is 6.26. The Morgan fingerprint density at radius 3 is 2.62 bits per heavy atom. The molecule has 1 rings (SSSR count). The average molecular weight is 198 g/mol. The van der Waals surface area contributed by atoms with Crippen molar-refractivity contribution in [1.82, 2.24) is 4.90 Å². The van der Waals surface area contributed by atoms with Crippen LogP contribution in [0.15, 0.2) is 0 Å². The third-order valence-corrected chi connectivity index (χ3v) is 3.32. The number of piperidine rings is 1. The lowest BCUT2D eigenvalue weighted by molar-refractivity contribution is 0.242. The minimum Gasteiger partial charge on any atom is -0.303 e. The smallest absolute Gasteiger partial charge is 0.0630 e. The third kappa shape index (κ3) is 5.17. The highest BCUT2D eigenvalue weighted by Gasteiger charge is 2.08. The van der Waals surface area contributed by atoms with E-state index in [0.717, 1.165) is 5.75 Å². The van der Waals surface area contributed by atoms with Crippen LogP contribution in [-0.4, -0.2) is 36.0 Å². The normalized spacial score (nSPS) is 18.4. The van der Waals surface area contributed by atoms with E-state index in [1.165, 1.54) is 44.6 Å². The van der Waals surface area contributed by atoms with Crippen LogP contribution in [0.1, 0.15) is 25.7 Å². The molecule has 0 aliphatic carbocycles. The zero-order valence-corrected chi connectivity index (χ0v) is 8.98. The number of rotatable bonds is 5. The van der Waals surface area contributed by atoms with Gasteiger partial charge in [0, 0.05) is 24.5 Å². The van der Waals surface area contributed by atoms with Crippen LogP contribution in [0, 0.1) is 11.3 Å². The van der Waals surface area contributed by atoms with E-state index in [1.807, 2.05) is 11.8 Å². The van der Waals surface area contributed by atoms with Gasteiger partial charge in [-0.15, -0.1) is 0 Å². The molecule has 1 fully saturated rings. The highest BCUT2D eigenvalue weighted by atomic mass is 32.2. The van der Waals surface area contributed by atoms with Gasteiger partial charge < -0.3 is 4.90 Å². The first-order chi connectivity index (χ1) is 6.43. The van der Waals surface area contributed by atoms with Crippen LogP contribution < -0.4 is 0 Å². The van der Waals surface area contributed by atoms with Gasteiger partial charge in [0.25, 0.3) is 0 Å². The first kappa shape index (κ1) is 10.9. The maximum Gasteiger partial charge on any atom is 0.0630 e. The second-order valence-corrected chi connectivity index (χ2v) is 4.65. The predicted molar refractivity (Wildman–Crippen MR) is 57.8 cm³/mol. The maximum atomic E-state index is 8.34. The van der Waals surface area contributed by atoms with Gasteiger partial charge in [-0.25, -0.2) is 0 Å². The summed E-state index contributed by atoms with van der Waals surface area (Å²) < 4.78 is 0. The van der Waals surface area contributed by atoms with Crippen LogP contribution in [-0.2, 0) is 0 Å². The third-order valence-electron chi connectivity index (χ3n) is 2.36. The Morgan fingerprint density at radius 1 is 1.15 bits per heavy atom. The number of nitrogens with zero attached hydrogens (tertiary/aromatic N) is 2.